The van der Waals surface area contributed by atoms with Crippen molar-refractivity contribution in [1.29, 1.82) is 0 Å². The van der Waals surface area contributed by atoms with E-state index in [1.807, 2.05) is 54.0 Å². The van der Waals surface area contributed by atoms with Gasteiger partial charge in [-0.25, -0.2) is 0 Å². The van der Waals surface area contributed by atoms with E-state index in [9.17, 15) is 4.79 Å². The number of ether oxygens (including phenoxy) is 1. The molecule has 1 atom stereocenters. The van der Waals surface area contributed by atoms with E-state index in [4.69, 9.17) is 4.74 Å². The monoisotopic (exact) mass is 536 g/mol. The predicted molar refractivity (Wildman–Crippen MR) is 139 cm³/mol. The molecule has 34 heavy (non-hydrogen) atoms. The lowest BCUT2D eigenvalue weighted by Crippen LogP contribution is -2.28. The van der Waals surface area contributed by atoms with Crippen LogP contribution in [0.3, 0.4) is 0 Å². The van der Waals surface area contributed by atoms with Crippen molar-refractivity contribution in [3.8, 4) is 11.4 Å². The summed E-state index contributed by atoms with van der Waals surface area (Å²) in [5.74, 6) is 2.04. The Balaban J connectivity index is 1.61. The van der Waals surface area contributed by atoms with Crippen LogP contribution < -0.4 is 10.1 Å². The molecule has 0 bridgehead atoms. The van der Waals surface area contributed by atoms with Gasteiger partial charge in [0.1, 0.15) is 5.75 Å². The lowest BCUT2D eigenvalue weighted by Gasteiger charge is -2.16. The number of thioether (sulfide) groups is 1. The van der Waals surface area contributed by atoms with Crippen LogP contribution >= 0.6 is 27.7 Å². The smallest absolute Gasteiger partial charge is 0.251 e. The van der Waals surface area contributed by atoms with E-state index in [-0.39, 0.29) is 11.9 Å². The van der Waals surface area contributed by atoms with E-state index in [0.717, 1.165) is 26.6 Å². The number of aromatic nitrogens is 3. The van der Waals surface area contributed by atoms with Crippen molar-refractivity contribution < 1.29 is 9.53 Å². The van der Waals surface area contributed by atoms with Crippen molar-refractivity contribution in [2.24, 2.45) is 0 Å². The number of aryl methyl sites for hydroxylation is 1. The molecule has 6 nitrogen and oxygen atoms in total. The molecule has 0 aliphatic carbocycles. The topological polar surface area (TPSA) is 69.0 Å². The quantitative estimate of drug-likeness (QED) is 0.274. The molecule has 1 unspecified atom stereocenters. The SMILES string of the molecule is COc1cccc(CSc2nnc(C(C)NC(=O)c3ccc(Br)cc3)n2-c2ccc(C)cc2)c1. The molecule has 1 heterocycles. The Labute approximate surface area is 211 Å². The van der Waals surface area contributed by atoms with Gasteiger partial charge in [0.2, 0.25) is 0 Å². The van der Waals surface area contributed by atoms with E-state index in [1.165, 1.54) is 5.56 Å². The zero-order valence-corrected chi connectivity index (χ0v) is 21.6. The molecule has 3 aromatic carbocycles. The van der Waals surface area contributed by atoms with Crippen LogP contribution in [-0.4, -0.2) is 27.8 Å². The van der Waals surface area contributed by atoms with Crippen LogP contribution in [0.1, 0.15) is 40.3 Å². The highest BCUT2D eigenvalue weighted by molar-refractivity contribution is 9.10. The molecule has 1 amide bonds. The fourth-order valence-corrected chi connectivity index (χ4v) is 4.61. The number of rotatable bonds is 8. The van der Waals surface area contributed by atoms with Crippen LogP contribution in [0.4, 0.5) is 0 Å². The van der Waals surface area contributed by atoms with Gasteiger partial charge in [-0.1, -0.05) is 57.5 Å². The Morgan fingerprint density at radius 2 is 1.82 bits per heavy atom. The van der Waals surface area contributed by atoms with Crippen LogP contribution in [0.5, 0.6) is 5.75 Å². The molecule has 174 valence electrons. The predicted octanol–water partition coefficient (Wildman–Crippen LogP) is 6.13. The Bertz CT molecular complexity index is 1270. The van der Waals surface area contributed by atoms with Crippen molar-refractivity contribution in [1.82, 2.24) is 20.1 Å². The second kappa shape index (κ2) is 10.9. The molecule has 0 saturated carbocycles. The molecule has 0 radical (unpaired) electrons. The van der Waals surface area contributed by atoms with Crippen LogP contribution in [0.2, 0.25) is 0 Å². The number of nitrogens with one attached hydrogen (secondary N) is 1. The fourth-order valence-electron chi connectivity index (χ4n) is 3.45. The van der Waals surface area contributed by atoms with Crippen molar-refractivity contribution in [3.05, 3.63) is 99.8 Å². The fraction of sp³-hybridized carbons (Fsp3) is 0.192. The van der Waals surface area contributed by atoms with Crippen molar-refractivity contribution in [2.75, 3.05) is 7.11 Å². The molecule has 0 aliphatic rings. The molecule has 1 aromatic heterocycles. The third kappa shape index (κ3) is 5.69. The first-order chi connectivity index (χ1) is 16.4. The molecule has 0 saturated heterocycles. The van der Waals surface area contributed by atoms with Gasteiger partial charge >= 0.3 is 0 Å². The lowest BCUT2D eigenvalue weighted by molar-refractivity contribution is 0.0938. The number of amides is 1. The summed E-state index contributed by atoms with van der Waals surface area (Å²) < 4.78 is 8.28. The first-order valence-corrected chi connectivity index (χ1v) is 12.6. The summed E-state index contributed by atoms with van der Waals surface area (Å²) in [7, 11) is 1.66. The zero-order chi connectivity index (χ0) is 24.1. The zero-order valence-electron chi connectivity index (χ0n) is 19.2. The summed E-state index contributed by atoms with van der Waals surface area (Å²) in [6, 6.07) is 23.1. The summed E-state index contributed by atoms with van der Waals surface area (Å²) in [6.07, 6.45) is 0. The number of hydrogen-bond acceptors (Lipinski definition) is 5. The number of methoxy groups -OCH3 is 1. The number of benzene rings is 3. The van der Waals surface area contributed by atoms with Gasteiger partial charge in [-0.2, -0.15) is 0 Å². The molecular formula is C26H25BrN4O2S. The highest BCUT2D eigenvalue weighted by Gasteiger charge is 2.21. The van der Waals surface area contributed by atoms with E-state index in [0.29, 0.717) is 17.1 Å². The van der Waals surface area contributed by atoms with E-state index in [2.05, 4.69) is 56.6 Å². The average Bonchev–Trinajstić information content (AvgIpc) is 3.28. The van der Waals surface area contributed by atoms with Gasteiger partial charge in [0.25, 0.3) is 5.91 Å². The summed E-state index contributed by atoms with van der Waals surface area (Å²) in [5, 5.41) is 12.7. The van der Waals surface area contributed by atoms with Crippen LogP contribution in [0, 0.1) is 6.92 Å². The Morgan fingerprint density at radius 1 is 1.09 bits per heavy atom. The van der Waals surface area contributed by atoms with Crippen LogP contribution in [-0.2, 0) is 5.75 Å². The highest BCUT2D eigenvalue weighted by Crippen LogP contribution is 2.29. The molecule has 8 heteroatoms. The summed E-state index contributed by atoms with van der Waals surface area (Å²) in [4.78, 5) is 12.8. The molecule has 0 spiro atoms. The van der Waals surface area contributed by atoms with Gasteiger partial charge in [0.15, 0.2) is 11.0 Å². The van der Waals surface area contributed by atoms with E-state index >= 15 is 0 Å². The third-order valence-corrected chi connectivity index (χ3v) is 6.82. The molecule has 0 aliphatic heterocycles. The van der Waals surface area contributed by atoms with Gasteiger partial charge < -0.3 is 10.1 Å². The van der Waals surface area contributed by atoms with Crippen LogP contribution in [0.25, 0.3) is 5.69 Å². The summed E-state index contributed by atoms with van der Waals surface area (Å²) in [6.45, 7) is 3.97. The molecule has 0 fully saturated rings. The van der Waals surface area contributed by atoms with Gasteiger partial charge in [-0.3, -0.25) is 9.36 Å². The van der Waals surface area contributed by atoms with Gasteiger partial charge in [-0.05, 0) is 67.9 Å². The van der Waals surface area contributed by atoms with Crippen molar-refractivity contribution in [3.63, 3.8) is 0 Å². The van der Waals surface area contributed by atoms with Gasteiger partial charge in [0.05, 0.1) is 13.2 Å². The minimum absolute atomic E-state index is 0.163. The Morgan fingerprint density at radius 3 is 2.53 bits per heavy atom. The summed E-state index contributed by atoms with van der Waals surface area (Å²) >= 11 is 4.99. The molecule has 4 rings (SSSR count). The van der Waals surface area contributed by atoms with Crippen molar-refractivity contribution >= 4 is 33.6 Å². The van der Waals surface area contributed by atoms with E-state index in [1.54, 1.807) is 31.0 Å². The summed E-state index contributed by atoms with van der Waals surface area (Å²) in [5.41, 5.74) is 3.83. The number of hydrogen-bond donors (Lipinski definition) is 1. The number of carbonyl (C=O) groups is 1. The maximum absolute atomic E-state index is 12.8. The second-order valence-corrected chi connectivity index (χ2v) is 9.71. The van der Waals surface area contributed by atoms with Crippen molar-refractivity contribution in [2.45, 2.75) is 30.8 Å². The minimum Gasteiger partial charge on any atom is -0.497 e. The normalized spacial score (nSPS) is 11.8. The van der Waals surface area contributed by atoms with Crippen LogP contribution in [0.15, 0.2) is 82.4 Å². The lowest BCUT2D eigenvalue weighted by atomic mass is 10.2. The molecular weight excluding hydrogens is 512 g/mol. The third-order valence-electron chi connectivity index (χ3n) is 5.29. The minimum atomic E-state index is -0.351. The number of halogens is 1. The van der Waals surface area contributed by atoms with E-state index < -0.39 is 0 Å². The second-order valence-electron chi connectivity index (χ2n) is 7.85. The Kier molecular flexibility index (Phi) is 7.70. The number of carbonyl (C=O) groups excluding carboxylic acids is 1. The van der Waals surface area contributed by atoms with Gasteiger partial charge in [0, 0.05) is 21.5 Å². The first kappa shape index (κ1) is 24.0. The standard InChI is InChI=1S/C26H25BrN4O2S/c1-17-7-13-22(14-8-17)31-24(18(2)28-25(32)20-9-11-21(27)12-10-20)29-30-26(31)34-16-19-5-4-6-23(15-19)33-3/h4-15,18H,16H2,1-3H3,(H,28,32). The first-order valence-electron chi connectivity index (χ1n) is 10.8. The maximum Gasteiger partial charge on any atom is 0.251 e. The average molecular weight is 537 g/mol. The Hall–Kier alpha value is -3.10. The highest BCUT2D eigenvalue weighted by atomic mass is 79.9. The maximum atomic E-state index is 12.8. The number of nitrogens with zero attached hydrogens (tertiary/aromatic N) is 3. The molecule has 1 N–H and O–H groups in total. The largest absolute Gasteiger partial charge is 0.497 e. The van der Waals surface area contributed by atoms with Gasteiger partial charge in [-0.15, -0.1) is 10.2 Å². The molecule has 4 aromatic rings.